The first kappa shape index (κ1) is 24.1. The topological polar surface area (TPSA) is 96.8 Å². The molecule has 10 heteroatoms. The molecule has 0 bridgehead atoms. The van der Waals surface area contributed by atoms with Crippen LogP contribution in [0.25, 0.3) is 0 Å². The molecule has 5 rings (SSSR count). The summed E-state index contributed by atoms with van der Waals surface area (Å²) in [5, 5.41) is 7.52. The summed E-state index contributed by atoms with van der Waals surface area (Å²) in [6.45, 7) is 2.75. The summed E-state index contributed by atoms with van der Waals surface area (Å²) in [5.41, 5.74) is 5.06. The Bertz CT molecular complexity index is 1350. The van der Waals surface area contributed by atoms with Crippen molar-refractivity contribution in [1.29, 1.82) is 0 Å². The third-order valence-corrected chi connectivity index (χ3v) is 5.54. The lowest BCUT2D eigenvalue weighted by molar-refractivity contribution is 0.122. The number of hydrogen-bond donors (Lipinski definition) is 2. The Balaban J connectivity index is 1.28. The molecule has 3 aromatic carbocycles. The van der Waals surface area contributed by atoms with E-state index in [0.29, 0.717) is 55.5 Å². The van der Waals surface area contributed by atoms with Crippen molar-refractivity contribution in [2.75, 3.05) is 41.9 Å². The number of anilines is 4. The fourth-order valence-electron chi connectivity index (χ4n) is 3.65. The quantitative estimate of drug-likeness (QED) is 0.255. The number of hydrazone groups is 1. The number of benzene rings is 3. The van der Waals surface area contributed by atoms with Gasteiger partial charge in [-0.15, -0.1) is 0 Å². The van der Waals surface area contributed by atoms with Crippen LogP contribution in [0, 0.1) is 5.82 Å². The van der Waals surface area contributed by atoms with Crippen molar-refractivity contribution < 1.29 is 13.9 Å². The fraction of sp³-hybridized carbons (Fsp3) is 0.185. The van der Waals surface area contributed by atoms with E-state index < -0.39 is 0 Å². The maximum absolute atomic E-state index is 13.9. The van der Waals surface area contributed by atoms with Crippen LogP contribution in [0.5, 0.6) is 5.75 Å². The molecule has 1 fully saturated rings. The molecule has 188 valence electrons. The van der Waals surface area contributed by atoms with Crippen LogP contribution in [-0.4, -0.2) is 47.5 Å². The van der Waals surface area contributed by atoms with Crippen LogP contribution in [0.3, 0.4) is 0 Å². The summed E-state index contributed by atoms with van der Waals surface area (Å²) in [7, 11) is 0. The first-order valence-electron chi connectivity index (χ1n) is 11.9. The molecule has 1 saturated heterocycles. The molecule has 1 aliphatic rings. The number of aromatic nitrogens is 3. The summed E-state index contributed by atoms with van der Waals surface area (Å²) in [5.74, 6) is 1.57. The van der Waals surface area contributed by atoms with Crippen LogP contribution in [-0.2, 0) is 11.3 Å². The third kappa shape index (κ3) is 6.77. The predicted molar refractivity (Wildman–Crippen MR) is 141 cm³/mol. The van der Waals surface area contributed by atoms with Gasteiger partial charge in [-0.1, -0.05) is 48.5 Å². The normalized spacial score (nSPS) is 13.5. The molecule has 0 spiro atoms. The highest BCUT2D eigenvalue weighted by molar-refractivity contribution is 5.80. The monoisotopic (exact) mass is 499 g/mol. The summed E-state index contributed by atoms with van der Waals surface area (Å²) in [6, 6.07) is 23.6. The van der Waals surface area contributed by atoms with E-state index in [1.807, 2.05) is 59.5 Å². The molecule has 1 aliphatic heterocycles. The smallest absolute Gasteiger partial charge is 0.250 e. The lowest BCUT2D eigenvalue weighted by Crippen LogP contribution is -2.37. The van der Waals surface area contributed by atoms with Crippen molar-refractivity contribution in [3.8, 4) is 5.75 Å². The zero-order chi connectivity index (χ0) is 25.3. The van der Waals surface area contributed by atoms with Gasteiger partial charge in [0.15, 0.2) is 0 Å². The summed E-state index contributed by atoms with van der Waals surface area (Å²) in [4.78, 5) is 15.6. The molecule has 0 saturated carbocycles. The Kier molecular flexibility index (Phi) is 7.77. The molecule has 37 heavy (non-hydrogen) atoms. The molecule has 4 aromatic rings. The van der Waals surface area contributed by atoms with Gasteiger partial charge < -0.3 is 19.7 Å². The molecule has 0 aliphatic carbocycles. The number of nitrogens with zero attached hydrogens (tertiary/aromatic N) is 5. The van der Waals surface area contributed by atoms with Crippen molar-refractivity contribution >= 4 is 29.7 Å². The largest absolute Gasteiger partial charge is 0.489 e. The number of ether oxygens (including phenoxy) is 2. The Morgan fingerprint density at radius 2 is 1.70 bits per heavy atom. The van der Waals surface area contributed by atoms with Crippen molar-refractivity contribution in [3.05, 3.63) is 95.8 Å². The first-order valence-corrected chi connectivity index (χ1v) is 11.9. The van der Waals surface area contributed by atoms with Gasteiger partial charge in [-0.2, -0.15) is 20.1 Å². The van der Waals surface area contributed by atoms with Crippen molar-refractivity contribution in [1.82, 2.24) is 15.0 Å². The van der Waals surface area contributed by atoms with E-state index in [1.165, 1.54) is 6.07 Å². The zero-order valence-corrected chi connectivity index (χ0v) is 20.0. The van der Waals surface area contributed by atoms with Crippen LogP contribution >= 0.6 is 0 Å². The van der Waals surface area contributed by atoms with E-state index in [4.69, 9.17) is 9.47 Å². The minimum Gasteiger partial charge on any atom is -0.489 e. The lowest BCUT2D eigenvalue weighted by Gasteiger charge is -2.27. The van der Waals surface area contributed by atoms with Gasteiger partial charge in [0.25, 0.3) is 0 Å². The molecular weight excluding hydrogens is 473 g/mol. The van der Waals surface area contributed by atoms with E-state index in [1.54, 1.807) is 24.4 Å². The van der Waals surface area contributed by atoms with Crippen LogP contribution < -0.4 is 20.4 Å². The number of para-hydroxylation sites is 1. The van der Waals surface area contributed by atoms with Gasteiger partial charge in [0.2, 0.25) is 17.8 Å². The fourth-order valence-corrected chi connectivity index (χ4v) is 3.65. The standard InChI is InChI=1S/C27H26FN7O2/c28-24-12-5-4-8-21(24)19-37-23-11-6-7-20(17-23)18-29-34-26-31-25(30-22-9-2-1-3-10-22)32-27(33-26)35-13-15-36-16-14-35/h1-12,17-18H,13-16,19H2,(H2,30,31,32,33,34)/b29-18-. The summed E-state index contributed by atoms with van der Waals surface area (Å²) >= 11 is 0. The van der Waals surface area contributed by atoms with Gasteiger partial charge in [0.05, 0.1) is 19.4 Å². The van der Waals surface area contributed by atoms with Gasteiger partial charge in [-0.05, 0) is 35.9 Å². The third-order valence-electron chi connectivity index (χ3n) is 5.54. The molecule has 0 atom stereocenters. The van der Waals surface area contributed by atoms with Gasteiger partial charge in [-0.3, -0.25) is 0 Å². The number of rotatable bonds is 9. The minimum atomic E-state index is -0.292. The van der Waals surface area contributed by atoms with Crippen LogP contribution in [0.4, 0.5) is 27.9 Å². The number of morpholine rings is 1. The van der Waals surface area contributed by atoms with Crippen molar-refractivity contribution in [3.63, 3.8) is 0 Å². The Morgan fingerprint density at radius 3 is 2.54 bits per heavy atom. The second-order valence-corrected chi connectivity index (χ2v) is 8.20. The molecule has 1 aromatic heterocycles. The van der Waals surface area contributed by atoms with Gasteiger partial charge in [-0.25, -0.2) is 9.82 Å². The Labute approximate surface area is 214 Å². The van der Waals surface area contributed by atoms with Crippen LogP contribution in [0.2, 0.25) is 0 Å². The highest BCUT2D eigenvalue weighted by Gasteiger charge is 2.16. The number of hydrogen-bond acceptors (Lipinski definition) is 9. The van der Waals surface area contributed by atoms with E-state index >= 15 is 0 Å². The van der Waals surface area contributed by atoms with E-state index in [9.17, 15) is 4.39 Å². The lowest BCUT2D eigenvalue weighted by atomic mass is 10.2. The van der Waals surface area contributed by atoms with E-state index in [0.717, 1.165) is 11.3 Å². The summed E-state index contributed by atoms with van der Waals surface area (Å²) < 4.78 is 25.1. The zero-order valence-electron chi connectivity index (χ0n) is 20.0. The number of nitrogens with one attached hydrogen (secondary N) is 2. The molecule has 0 radical (unpaired) electrons. The Hall–Kier alpha value is -4.57. The number of halogens is 1. The van der Waals surface area contributed by atoms with Crippen molar-refractivity contribution in [2.24, 2.45) is 5.10 Å². The maximum atomic E-state index is 13.9. The second kappa shape index (κ2) is 11.9. The molecule has 0 amide bonds. The highest BCUT2D eigenvalue weighted by Crippen LogP contribution is 2.19. The predicted octanol–water partition coefficient (Wildman–Crippen LogP) is 4.62. The molecular formula is C27H26FN7O2. The van der Waals surface area contributed by atoms with Gasteiger partial charge in [0.1, 0.15) is 18.2 Å². The molecule has 9 nitrogen and oxygen atoms in total. The first-order chi connectivity index (χ1) is 18.2. The average Bonchev–Trinajstić information content (AvgIpc) is 2.94. The molecule has 2 N–H and O–H groups in total. The van der Waals surface area contributed by atoms with E-state index in [2.05, 4.69) is 30.8 Å². The van der Waals surface area contributed by atoms with Crippen molar-refractivity contribution in [2.45, 2.75) is 6.61 Å². The molecule has 2 heterocycles. The Morgan fingerprint density at radius 1 is 0.919 bits per heavy atom. The maximum Gasteiger partial charge on any atom is 0.250 e. The van der Waals surface area contributed by atoms with Crippen LogP contribution in [0.1, 0.15) is 11.1 Å². The van der Waals surface area contributed by atoms with E-state index in [-0.39, 0.29) is 12.4 Å². The second-order valence-electron chi connectivity index (χ2n) is 8.20. The molecule has 0 unspecified atom stereocenters. The minimum absolute atomic E-state index is 0.137. The average molecular weight is 500 g/mol. The SMILES string of the molecule is Fc1ccccc1COc1cccc(/C=N\Nc2nc(Nc3ccccc3)nc(N3CCOCC3)n2)c1. The highest BCUT2D eigenvalue weighted by atomic mass is 19.1. The van der Waals surface area contributed by atoms with Crippen LogP contribution in [0.15, 0.2) is 84.0 Å². The van der Waals surface area contributed by atoms with Gasteiger partial charge >= 0.3 is 0 Å². The van der Waals surface area contributed by atoms with Gasteiger partial charge in [0, 0.05) is 24.3 Å². The summed E-state index contributed by atoms with van der Waals surface area (Å²) in [6.07, 6.45) is 1.64.